The van der Waals surface area contributed by atoms with E-state index in [9.17, 15) is 4.79 Å². The van der Waals surface area contributed by atoms with Gasteiger partial charge in [-0.2, -0.15) is 5.10 Å². The molecule has 1 heterocycles. The van der Waals surface area contributed by atoms with Crippen molar-refractivity contribution in [1.29, 1.82) is 0 Å². The molecule has 0 fully saturated rings. The number of aromatic nitrogens is 2. The summed E-state index contributed by atoms with van der Waals surface area (Å²) in [6.45, 7) is 2.13. The van der Waals surface area contributed by atoms with Crippen LogP contribution in [0.3, 0.4) is 0 Å². The molecule has 20 heavy (non-hydrogen) atoms. The molecule has 0 aliphatic carbocycles. The quantitative estimate of drug-likeness (QED) is 0.860. The second-order valence-corrected chi connectivity index (χ2v) is 4.74. The van der Waals surface area contributed by atoms with Crippen molar-refractivity contribution in [2.24, 2.45) is 0 Å². The number of nitrogens with zero attached hydrogens (tertiary/aromatic N) is 3. The molecule has 0 spiro atoms. The third-order valence-electron chi connectivity index (χ3n) is 3.11. The van der Waals surface area contributed by atoms with Gasteiger partial charge in [0.2, 0.25) is 0 Å². The highest BCUT2D eigenvalue weighted by molar-refractivity contribution is 5.93. The Kier molecular flexibility index (Phi) is 4.90. The zero-order valence-corrected chi connectivity index (χ0v) is 11.9. The van der Waals surface area contributed by atoms with E-state index in [-0.39, 0.29) is 5.91 Å². The van der Waals surface area contributed by atoms with Gasteiger partial charge in [-0.3, -0.25) is 9.48 Å². The average molecular weight is 272 g/mol. The van der Waals surface area contributed by atoms with Gasteiger partial charge in [-0.1, -0.05) is 30.3 Å². The summed E-state index contributed by atoms with van der Waals surface area (Å²) in [6.07, 6.45) is 3.42. The third-order valence-corrected chi connectivity index (χ3v) is 3.11. The van der Waals surface area contributed by atoms with Crippen molar-refractivity contribution < 1.29 is 4.79 Å². The van der Waals surface area contributed by atoms with E-state index in [1.807, 2.05) is 37.4 Å². The van der Waals surface area contributed by atoms with Crippen molar-refractivity contribution in [3.63, 3.8) is 0 Å². The van der Waals surface area contributed by atoms with E-state index in [2.05, 4.69) is 10.4 Å². The topological polar surface area (TPSA) is 50.2 Å². The largest absolute Gasteiger partial charge is 0.340 e. The van der Waals surface area contributed by atoms with Gasteiger partial charge in [0.25, 0.3) is 5.91 Å². The molecule has 5 heteroatoms. The molecule has 1 aromatic carbocycles. The molecule has 0 bridgehead atoms. The van der Waals surface area contributed by atoms with E-state index in [0.717, 1.165) is 12.1 Å². The molecule has 1 N–H and O–H groups in total. The number of rotatable bonds is 6. The Bertz CT molecular complexity index is 550. The van der Waals surface area contributed by atoms with E-state index in [1.165, 1.54) is 0 Å². The molecular formula is C15H20N4O. The molecule has 0 saturated heterocycles. The number of likely N-dealkylation sites (N-methyl/N-ethyl adjacent to an activating group) is 2. The van der Waals surface area contributed by atoms with E-state index < -0.39 is 0 Å². The van der Waals surface area contributed by atoms with E-state index in [1.54, 1.807) is 29.0 Å². The third kappa shape index (κ3) is 3.68. The summed E-state index contributed by atoms with van der Waals surface area (Å²) in [6, 6.07) is 10.1. The first-order chi connectivity index (χ1) is 9.70. The van der Waals surface area contributed by atoms with Gasteiger partial charge in [0, 0.05) is 26.3 Å². The lowest BCUT2D eigenvalue weighted by atomic mass is 10.2. The normalized spacial score (nSPS) is 10.5. The molecule has 0 saturated carbocycles. The van der Waals surface area contributed by atoms with Crippen LogP contribution in [0.2, 0.25) is 0 Å². The first-order valence-corrected chi connectivity index (χ1v) is 6.67. The second kappa shape index (κ2) is 6.86. The number of carbonyl (C=O) groups excluding carboxylic acids is 1. The fraction of sp³-hybridized carbons (Fsp3) is 0.333. The van der Waals surface area contributed by atoms with Crippen LogP contribution in [0.15, 0.2) is 42.7 Å². The minimum atomic E-state index is -0.000406. The van der Waals surface area contributed by atoms with E-state index >= 15 is 0 Å². The predicted octanol–water partition coefficient (Wildman–Crippen LogP) is 1.22. The molecular weight excluding hydrogens is 252 g/mol. The Balaban J connectivity index is 2.00. The van der Waals surface area contributed by atoms with Crippen molar-refractivity contribution >= 4 is 5.91 Å². The molecule has 0 aliphatic rings. The van der Waals surface area contributed by atoms with E-state index in [4.69, 9.17) is 0 Å². The number of carbonyl (C=O) groups is 1. The van der Waals surface area contributed by atoms with Gasteiger partial charge in [0.05, 0.1) is 18.3 Å². The first-order valence-electron chi connectivity index (χ1n) is 6.67. The summed E-state index contributed by atoms with van der Waals surface area (Å²) >= 11 is 0. The predicted molar refractivity (Wildman–Crippen MR) is 78.7 cm³/mol. The van der Waals surface area contributed by atoms with Crippen LogP contribution < -0.4 is 5.32 Å². The van der Waals surface area contributed by atoms with Crippen molar-refractivity contribution in [3.05, 3.63) is 53.9 Å². The van der Waals surface area contributed by atoms with E-state index in [0.29, 0.717) is 18.7 Å². The van der Waals surface area contributed by atoms with Crippen molar-refractivity contribution in [1.82, 2.24) is 20.0 Å². The molecule has 2 aromatic rings. The average Bonchev–Trinajstić information content (AvgIpc) is 2.93. The number of benzene rings is 1. The minimum Gasteiger partial charge on any atom is -0.340 e. The van der Waals surface area contributed by atoms with Crippen LogP contribution in [0.25, 0.3) is 0 Å². The Morgan fingerprint density at radius 1 is 1.35 bits per heavy atom. The highest BCUT2D eigenvalue weighted by atomic mass is 16.2. The SMILES string of the molecule is CNCCN(C)C(=O)c1cnn(Cc2ccccc2)c1. The van der Waals surface area contributed by atoms with Gasteiger partial charge in [-0.05, 0) is 12.6 Å². The van der Waals surface area contributed by atoms with Gasteiger partial charge in [0.1, 0.15) is 0 Å². The van der Waals surface area contributed by atoms with Gasteiger partial charge in [-0.15, -0.1) is 0 Å². The Morgan fingerprint density at radius 2 is 2.10 bits per heavy atom. The summed E-state index contributed by atoms with van der Waals surface area (Å²) in [5, 5.41) is 7.28. The van der Waals surface area contributed by atoms with Crippen LogP contribution in [0.4, 0.5) is 0 Å². The molecule has 5 nitrogen and oxygen atoms in total. The molecule has 0 radical (unpaired) electrons. The van der Waals surface area contributed by atoms with Crippen molar-refractivity contribution in [3.8, 4) is 0 Å². The second-order valence-electron chi connectivity index (χ2n) is 4.74. The number of hydrogen-bond donors (Lipinski definition) is 1. The summed E-state index contributed by atoms with van der Waals surface area (Å²) in [5.74, 6) is -0.000406. The van der Waals surface area contributed by atoms with Crippen LogP contribution in [-0.2, 0) is 6.54 Å². The maximum Gasteiger partial charge on any atom is 0.256 e. The lowest BCUT2D eigenvalue weighted by Gasteiger charge is -2.15. The minimum absolute atomic E-state index is 0.000406. The molecule has 0 aliphatic heterocycles. The number of amides is 1. The zero-order valence-electron chi connectivity index (χ0n) is 11.9. The summed E-state index contributed by atoms with van der Waals surface area (Å²) < 4.78 is 1.79. The lowest BCUT2D eigenvalue weighted by molar-refractivity contribution is 0.0797. The fourth-order valence-corrected chi connectivity index (χ4v) is 1.93. The fourth-order valence-electron chi connectivity index (χ4n) is 1.93. The highest BCUT2D eigenvalue weighted by Crippen LogP contribution is 2.06. The van der Waals surface area contributed by atoms with Crippen LogP contribution in [0, 0.1) is 0 Å². The Labute approximate surface area is 119 Å². The molecule has 0 atom stereocenters. The Hall–Kier alpha value is -2.14. The molecule has 1 amide bonds. The lowest BCUT2D eigenvalue weighted by Crippen LogP contribution is -2.32. The Morgan fingerprint density at radius 3 is 2.80 bits per heavy atom. The standard InChI is InChI=1S/C15H20N4O/c1-16-8-9-18(2)15(20)14-10-17-19(12-14)11-13-6-4-3-5-7-13/h3-7,10,12,16H,8-9,11H2,1-2H3. The monoisotopic (exact) mass is 272 g/mol. The maximum atomic E-state index is 12.2. The molecule has 0 unspecified atom stereocenters. The zero-order chi connectivity index (χ0) is 14.4. The molecule has 106 valence electrons. The van der Waals surface area contributed by atoms with Crippen LogP contribution in [0.1, 0.15) is 15.9 Å². The number of nitrogens with one attached hydrogen (secondary N) is 1. The van der Waals surface area contributed by atoms with Gasteiger partial charge in [0.15, 0.2) is 0 Å². The number of hydrogen-bond acceptors (Lipinski definition) is 3. The van der Waals surface area contributed by atoms with Gasteiger partial charge < -0.3 is 10.2 Å². The van der Waals surface area contributed by atoms with Gasteiger partial charge >= 0.3 is 0 Å². The van der Waals surface area contributed by atoms with Gasteiger partial charge in [-0.25, -0.2) is 0 Å². The summed E-state index contributed by atoms with van der Waals surface area (Å²) in [4.78, 5) is 13.9. The smallest absolute Gasteiger partial charge is 0.256 e. The van der Waals surface area contributed by atoms with Crippen LogP contribution in [0.5, 0.6) is 0 Å². The molecule has 2 rings (SSSR count). The maximum absolute atomic E-state index is 12.2. The summed E-state index contributed by atoms with van der Waals surface area (Å²) in [7, 11) is 3.67. The molecule has 1 aromatic heterocycles. The van der Waals surface area contributed by atoms with Crippen LogP contribution in [-0.4, -0.2) is 47.8 Å². The first kappa shape index (κ1) is 14.3. The van der Waals surface area contributed by atoms with Crippen LogP contribution >= 0.6 is 0 Å². The van der Waals surface area contributed by atoms with Crippen molar-refractivity contribution in [2.45, 2.75) is 6.54 Å². The van der Waals surface area contributed by atoms with Crippen molar-refractivity contribution in [2.75, 3.05) is 27.2 Å². The summed E-state index contributed by atoms with van der Waals surface area (Å²) in [5.41, 5.74) is 1.79. The highest BCUT2D eigenvalue weighted by Gasteiger charge is 2.13.